The van der Waals surface area contributed by atoms with Gasteiger partial charge < -0.3 is 19.7 Å². The number of aliphatic hydroxyl groups excluding tert-OH is 1. The quantitative estimate of drug-likeness (QED) is 0.473. The topological polar surface area (TPSA) is 88.0 Å². The molecule has 146 valence electrons. The Morgan fingerprint density at radius 2 is 1.93 bits per heavy atom. The number of phenols is 1. The largest absolute Gasteiger partial charge is 0.506 e. The van der Waals surface area contributed by atoms with Crippen LogP contribution in [0.2, 0.25) is 0 Å². The molecule has 2 aromatic rings. The highest BCUT2D eigenvalue weighted by Crippen LogP contribution is 2.39. The van der Waals surface area contributed by atoms with Gasteiger partial charge in [-0.15, -0.1) is 0 Å². The van der Waals surface area contributed by atoms with Crippen molar-refractivity contribution >= 4 is 43.6 Å². The molecule has 6 nitrogen and oxygen atoms in total. The summed E-state index contributed by atoms with van der Waals surface area (Å²) in [5.74, 6) is -0.0571. The average molecular weight is 503 g/mol. The summed E-state index contributed by atoms with van der Waals surface area (Å²) in [5, 5.41) is 22.5. The Labute approximate surface area is 174 Å². The van der Waals surface area contributed by atoms with E-state index in [0.29, 0.717) is 26.8 Å². The van der Waals surface area contributed by atoms with Gasteiger partial charge in [0.25, 0.3) is 0 Å². The fourth-order valence-electron chi connectivity index (χ4n) is 2.59. The number of rotatable bonds is 8. The van der Waals surface area contributed by atoms with E-state index in [1.54, 1.807) is 36.4 Å². The summed E-state index contributed by atoms with van der Waals surface area (Å²) >= 11 is 6.66. The Morgan fingerprint density at radius 3 is 2.56 bits per heavy atom. The Kier molecular flexibility index (Phi) is 8.56. The highest BCUT2D eigenvalue weighted by molar-refractivity contribution is 9.11. The van der Waals surface area contributed by atoms with Crippen molar-refractivity contribution in [3.05, 3.63) is 57.0 Å². The number of para-hydroxylation sites is 1. The number of phenolic OH excluding ortho intramolecular Hbond substituents is 1. The van der Waals surface area contributed by atoms with Crippen molar-refractivity contribution in [2.24, 2.45) is 0 Å². The molecule has 27 heavy (non-hydrogen) atoms. The molecule has 0 saturated carbocycles. The minimum atomic E-state index is -0.922. The monoisotopic (exact) mass is 501 g/mol. The minimum absolute atomic E-state index is 0.0571. The van der Waals surface area contributed by atoms with Crippen molar-refractivity contribution < 1.29 is 24.5 Å². The van der Waals surface area contributed by atoms with Crippen LogP contribution >= 0.6 is 31.9 Å². The standard InChI is InChI=1S/C19H21Br2NO5/c1-2-26-16(8-9-23)18(14-10-12(20)11-15(21)17(14)24)27-19(25)22-13-6-4-3-5-7-13/h3-7,10-11,16,18,23-24H,2,8-9H2,1H3,(H,22,25)/t16-,18-/m0/s1. The predicted molar refractivity (Wildman–Crippen MR) is 110 cm³/mol. The normalized spacial score (nSPS) is 13.0. The molecular formula is C19H21Br2NO5. The molecule has 1 amide bonds. The van der Waals surface area contributed by atoms with E-state index in [9.17, 15) is 15.0 Å². The SMILES string of the molecule is CCO[C@@H](CCO)[C@@H](OC(=O)Nc1ccccc1)c1cc(Br)cc(Br)c1O. The summed E-state index contributed by atoms with van der Waals surface area (Å²) in [6.07, 6.45) is -2.01. The third-order valence-electron chi connectivity index (χ3n) is 3.75. The number of nitrogens with one attached hydrogen (secondary N) is 1. The van der Waals surface area contributed by atoms with E-state index in [-0.39, 0.29) is 18.8 Å². The maximum absolute atomic E-state index is 12.4. The maximum atomic E-state index is 12.4. The van der Waals surface area contributed by atoms with Gasteiger partial charge in [0.2, 0.25) is 0 Å². The highest BCUT2D eigenvalue weighted by atomic mass is 79.9. The molecule has 0 aromatic heterocycles. The van der Waals surface area contributed by atoms with E-state index < -0.39 is 18.3 Å². The molecule has 0 bridgehead atoms. The van der Waals surface area contributed by atoms with Crippen LogP contribution in [0.15, 0.2) is 51.4 Å². The van der Waals surface area contributed by atoms with Gasteiger partial charge >= 0.3 is 6.09 Å². The summed E-state index contributed by atoms with van der Waals surface area (Å²) in [6.45, 7) is 2.02. The zero-order valence-electron chi connectivity index (χ0n) is 14.7. The first-order valence-corrected chi connectivity index (χ1v) is 9.97. The van der Waals surface area contributed by atoms with Gasteiger partial charge in [-0.1, -0.05) is 34.1 Å². The number of carbonyl (C=O) groups is 1. The van der Waals surface area contributed by atoms with Crippen LogP contribution in [0.1, 0.15) is 25.0 Å². The maximum Gasteiger partial charge on any atom is 0.412 e. The average Bonchev–Trinajstić information content (AvgIpc) is 2.63. The van der Waals surface area contributed by atoms with E-state index in [0.717, 1.165) is 0 Å². The zero-order chi connectivity index (χ0) is 19.8. The second kappa shape index (κ2) is 10.7. The summed E-state index contributed by atoms with van der Waals surface area (Å²) in [5.41, 5.74) is 0.947. The Hall–Kier alpha value is -1.61. The van der Waals surface area contributed by atoms with Crippen molar-refractivity contribution in [3.8, 4) is 5.75 Å². The molecule has 2 rings (SSSR count). The second-order valence-corrected chi connectivity index (χ2v) is 7.42. The van der Waals surface area contributed by atoms with Gasteiger partial charge in [0.15, 0.2) is 6.10 Å². The first-order chi connectivity index (χ1) is 13.0. The lowest BCUT2D eigenvalue weighted by Gasteiger charge is -2.28. The first-order valence-electron chi connectivity index (χ1n) is 8.39. The first kappa shape index (κ1) is 21.7. The molecule has 8 heteroatoms. The molecule has 0 aliphatic rings. The Balaban J connectivity index is 2.33. The number of hydrogen-bond acceptors (Lipinski definition) is 5. The van der Waals surface area contributed by atoms with Crippen LogP contribution in [0.25, 0.3) is 0 Å². The number of ether oxygens (including phenoxy) is 2. The molecule has 0 heterocycles. The van der Waals surface area contributed by atoms with Gasteiger partial charge in [-0.3, -0.25) is 5.32 Å². The number of hydrogen-bond donors (Lipinski definition) is 3. The molecule has 0 aliphatic carbocycles. The molecular weight excluding hydrogens is 482 g/mol. The number of aromatic hydroxyl groups is 1. The number of halogens is 2. The van der Waals surface area contributed by atoms with Gasteiger partial charge in [0.05, 0.1) is 4.47 Å². The van der Waals surface area contributed by atoms with Crippen LogP contribution in [0, 0.1) is 0 Å². The van der Waals surface area contributed by atoms with Crippen LogP contribution in [0.5, 0.6) is 5.75 Å². The fraction of sp³-hybridized carbons (Fsp3) is 0.316. The number of aliphatic hydroxyl groups is 1. The van der Waals surface area contributed by atoms with E-state index in [1.807, 2.05) is 13.0 Å². The zero-order valence-corrected chi connectivity index (χ0v) is 17.9. The van der Waals surface area contributed by atoms with Crippen molar-refractivity contribution in [2.75, 3.05) is 18.5 Å². The van der Waals surface area contributed by atoms with Crippen LogP contribution in [-0.4, -0.2) is 35.6 Å². The molecule has 0 unspecified atom stereocenters. The smallest absolute Gasteiger partial charge is 0.412 e. The van der Waals surface area contributed by atoms with E-state index >= 15 is 0 Å². The summed E-state index contributed by atoms with van der Waals surface area (Å²) in [7, 11) is 0. The highest BCUT2D eigenvalue weighted by Gasteiger charge is 2.31. The molecule has 0 radical (unpaired) electrons. The van der Waals surface area contributed by atoms with Crippen LogP contribution in [0.3, 0.4) is 0 Å². The predicted octanol–water partition coefficient (Wildman–Crippen LogP) is 4.99. The fourth-order valence-corrected chi connectivity index (χ4v) is 3.85. The molecule has 0 fully saturated rings. The summed E-state index contributed by atoms with van der Waals surface area (Å²) in [6, 6.07) is 12.2. The summed E-state index contributed by atoms with van der Waals surface area (Å²) < 4.78 is 12.4. The van der Waals surface area contributed by atoms with E-state index in [4.69, 9.17) is 9.47 Å². The van der Waals surface area contributed by atoms with E-state index in [2.05, 4.69) is 37.2 Å². The lowest BCUT2D eigenvalue weighted by molar-refractivity contribution is -0.0491. The number of benzene rings is 2. The van der Waals surface area contributed by atoms with Crippen molar-refractivity contribution in [1.82, 2.24) is 0 Å². The van der Waals surface area contributed by atoms with Gasteiger partial charge in [0, 0.05) is 35.4 Å². The second-order valence-electron chi connectivity index (χ2n) is 5.65. The van der Waals surface area contributed by atoms with Crippen molar-refractivity contribution in [3.63, 3.8) is 0 Å². The Morgan fingerprint density at radius 1 is 1.22 bits per heavy atom. The number of carbonyl (C=O) groups excluding carboxylic acids is 1. The van der Waals surface area contributed by atoms with Gasteiger partial charge in [-0.2, -0.15) is 0 Å². The molecule has 0 saturated heterocycles. The van der Waals surface area contributed by atoms with Gasteiger partial charge in [0.1, 0.15) is 11.9 Å². The van der Waals surface area contributed by atoms with Crippen LogP contribution in [-0.2, 0) is 9.47 Å². The third kappa shape index (κ3) is 6.21. The molecule has 2 aromatic carbocycles. The third-order valence-corrected chi connectivity index (χ3v) is 4.81. The minimum Gasteiger partial charge on any atom is -0.506 e. The molecule has 0 aliphatic heterocycles. The van der Waals surface area contributed by atoms with Crippen LogP contribution < -0.4 is 5.32 Å². The molecule has 3 N–H and O–H groups in total. The lowest BCUT2D eigenvalue weighted by atomic mass is 10.0. The van der Waals surface area contributed by atoms with E-state index in [1.165, 1.54) is 0 Å². The van der Waals surface area contributed by atoms with Gasteiger partial charge in [-0.25, -0.2) is 4.79 Å². The number of anilines is 1. The molecule has 0 spiro atoms. The molecule has 2 atom stereocenters. The number of amides is 1. The summed E-state index contributed by atoms with van der Waals surface area (Å²) in [4.78, 5) is 12.4. The van der Waals surface area contributed by atoms with Crippen LogP contribution in [0.4, 0.5) is 10.5 Å². The van der Waals surface area contributed by atoms with Crippen molar-refractivity contribution in [1.29, 1.82) is 0 Å². The Bertz CT molecular complexity index is 751. The van der Waals surface area contributed by atoms with Crippen molar-refractivity contribution in [2.45, 2.75) is 25.6 Å². The lowest BCUT2D eigenvalue weighted by Crippen LogP contribution is -2.30. The van der Waals surface area contributed by atoms with Gasteiger partial charge in [-0.05, 0) is 47.1 Å².